The number of aromatic hydroxyl groups is 1. The zero-order valence-corrected chi connectivity index (χ0v) is 8.10. The van der Waals surface area contributed by atoms with Crippen LogP contribution in [0.4, 0.5) is 26.3 Å². The first-order valence-corrected chi connectivity index (χ1v) is 4.26. The van der Waals surface area contributed by atoms with Crippen LogP contribution >= 0.6 is 0 Å². The molecule has 0 aliphatic carbocycles. The fourth-order valence-corrected chi connectivity index (χ4v) is 1.10. The highest BCUT2D eigenvalue weighted by Crippen LogP contribution is 2.43. The molecular formula is C9H7F6NO. The van der Waals surface area contributed by atoms with E-state index in [1.54, 1.807) is 0 Å². The Morgan fingerprint density at radius 1 is 1.12 bits per heavy atom. The molecule has 0 fully saturated rings. The summed E-state index contributed by atoms with van der Waals surface area (Å²) in [4.78, 5) is 0. The molecule has 0 radical (unpaired) electrons. The molecule has 17 heavy (non-hydrogen) atoms. The van der Waals surface area contributed by atoms with Crippen molar-refractivity contribution in [2.45, 2.75) is 18.1 Å². The minimum absolute atomic E-state index is 0.333. The summed E-state index contributed by atoms with van der Waals surface area (Å²) in [5.74, 6) is -7.37. The number of alkyl halides is 5. The lowest BCUT2D eigenvalue weighted by atomic mass is 10.0. The van der Waals surface area contributed by atoms with Crippen LogP contribution in [0.15, 0.2) is 18.2 Å². The minimum Gasteiger partial charge on any atom is -0.505 e. The fraction of sp³-hybridized carbons (Fsp3) is 0.333. The Morgan fingerprint density at radius 2 is 1.65 bits per heavy atom. The Bertz CT molecular complexity index is 416. The molecule has 0 bridgehead atoms. The van der Waals surface area contributed by atoms with Gasteiger partial charge in [-0.1, -0.05) is 6.07 Å². The number of halogens is 6. The van der Waals surface area contributed by atoms with Crippen molar-refractivity contribution in [3.05, 3.63) is 29.6 Å². The van der Waals surface area contributed by atoms with Crippen molar-refractivity contribution < 1.29 is 31.4 Å². The van der Waals surface area contributed by atoms with E-state index >= 15 is 0 Å². The average Bonchev–Trinajstić information content (AvgIpc) is 2.19. The highest BCUT2D eigenvalue weighted by molar-refractivity contribution is 5.31. The van der Waals surface area contributed by atoms with Gasteiger partial charge in [-0.2, -0.15) is 22.0 Å². The van der Waals surface area contributed by atoms with Crippen molar-refractivity contribution in [3.63, 3.8) is 0 Å². The monoisotopic (exact) mass is 259 g/mol. The summed E-state index contributed by atoms with van der Waals surface area (Å²) >= 11 is 0. The normalized spacial score (nSPS) is 14.8. The molecule has 0 saturated heterocycles. The van der Waals surface area contributed by atoms with Gasteiger partial charge < -0.3 is 10.8 Å². The standard InChI is InChI=1S/C9H7F6NO/c10-5-3-4(1-2-6(5)17)7(16)8(11,12)9(13,14)15/h1-3,7,17H,16H2/t7-/m1/s1. The number of phenolic OH excluding ortho intramolecular Hbond substituents is 1. The van der Waals surface area contributed by atoms with Crippen molar-refractivity contribution >= 4 is 0 Å². The van der Waals surface area contributed by atoms with Crippen LogP contribution in [0.1, 0.15) is 11.6 Å². The molecule has 8 heteroatoms. The number of hydrogen-bond donors (Lipinski definition) is 2. The van der Waals surface area contributed by atoms with Gasteiger partial charge in [0.25, 0.3) is 0 Å². The Labute approximate surface area is 91.7 Å². The molecule has 1 aromatic carbocycles. The maximum Gasteiger partial charge on any atom is 0.455 e. The van der Waals surface area contributed by atoms with E-state index in [9.17, 15) is 26.3 Å². The van der Waals surface area contributed by atoms with Crippen LogP contribution in [0.5, 0.6) is 5.75 Å². The summed E-state index contributed by atoms with van der Waals surface area (Å²) in [5.41, 5.74) is 4.00. The maximum atomic E-state index is 12.8. The van der Waals surface area contributed by atoms with Crippen LogP contribution in [-0.4, -0.2) is 17.2 Å². The molecule has 1 aromatic rings. The zero-order valence-electron chi connectivity index (χ0n) is 8.10. The van der Waals surface area contributed by atoms with Crippen molar-refractivity contribution in [2.24, 2.45) is 5.73 Å². The SMILES string of the molecule is N[C@H](c1ccc(O)c(F)c1)C(F)(F)C(F)(F)F. The summed E-state index contributed by atoms with van der Waals surface area (Å²) in [6.07, 6.45) is -5.83. The summed E-state index contributed by atoms with van der Waals surface area (Å²) in [6.45, 7) is 0. The predicted molar refractivity (Wildman–Crippen MR) is 46.0 cm³/mol. The number of phenols is 1. The van der Waals surface area contributed by atoms with Crippen molar-refractivity contribution in [1.29, 1.82) is 0 Å². The second kappa shape index (κ2) is 4.10. The summed E-state index contributed by atoms with van der Waals surface area (Å²) in [7, 11) is 0. The molecule has 0 saturated carbocycles. The molecule has 0 unspecified atom stereocenters. The van der Waals surface area contributed by atoms with Crippen molar-refractivity contribution in [2.75, 3.05) is 0 Å². The van der Waals surface area contributed by atoms with Gasteiger partial charge in [0.1, 0.15) is 6.04 Å². The predicted octanol–water partition coefficient (Wildman–Crippen LogP) is 2.73. The molecule has 0 aromatic heterocycles. The fourth-order valence-electron chi connectivity index (χ4n) is 1.10. The smallest absolute Gasteiger partial charge is 0.455 e. The number of rotatable bonds is 2. The van der Waals surface area contributed by atoms with Crippen LogP contribution in [0.2, 0.25) is 0 Å². The van der Waals surface area contributed by atoms with E-state index in [0.717, 1.165) is 0 Å². The van der Waals surface area contributed by atoms with Gasteiger partial charge in [0.2, 0.25) is 0 Å². The van der Waals surface area contributed by atoms with E-state index in [0.29, 0.717) is 18.2 Å². The van der Waals surface area contributed by atoms with Crippen molar-refractivity contribution in [1.82, 2.24) is 0 Å². The summed E-state index contributed by atoms with van der Waals surface area (Å²) < 4.78 is 74.3. The van der Waals surface area contributed by atoms with Gasteiger partial charge >= 0.3 is 12.1 Å². The third-order valence-corrected chi connectivity index (χ3v) is 2.10. The van der Waals surface area contributed by atoms with Gasteiger partial charge in [0, 0.05) is 0 Å². The molecule has 0 spiro atoms. The van der Waals surface area contributed by atoms with Gasteiger partial charge in [0.05, 0.1) is 0 Å². The minimum atomic E-state index is -5.83. The van der Waals surface area contributed by atoms with Crippen LogP contribution in [0.25, 0.3) is 0 Å². The van der Waals surface area contributed by atoms with Gasteiger partial charge in [-0.05, 0) is 17.7 Å². The third-order valence-electron chi connectivity index (χ3n) is 2.10. The van der Waals surface area contributed by atoms with E-state index in [2.05, 4.69) is 0 Å². The van der Waals surface area contributed by atoms with Crippen LogP contribution in [0.3, 0.4) is 0 Å². The molecule has 0 aliphatic heterocycles. The van der Waals surface area contributed by atoms with Crippen LogP contribution in [0, 0.1) is 5.82 Å². The lowest BCUT2D eigenvalue weighted by Gasteiger charge is -2.25. The summed E-state index contributed by atoms with van der Waals surface area (Å²) in [5, 5.41) is 8.76. The Hall–Kier alpha value is -1.44. The zero-order chi connectivity index (χ0) is 13.4. The lowest BCUT2D eigenvalue weighted by Crippen LogP contribution is -2.45. The molecule has 0 aliphatic rings. The second-order valence-corrected chi connectivity index (χ2v) is 3.31. The Morgan fingerprint density at radius 3 is 2.06 bits per heavy atom. The molecule has 96 valence electrons. The quantitative estimate of drug-likeness (QED) is 0.802. The average molecular weight is 259 g/mol. The Kier molecular flexibility index (Phi) is 3.28. The van der Waals surface area contributed by atoms with Crippen LogP contribution < -0.4 is 5.73 Å². The van der Waals surface area contributed by atoms with Gasteiger partial charge in [-0.15, -0.1) is 0 Å². The van der Waals surface area contributed by atoms with E-state index in [1.165, 1.54) is 0 Å². The number of benzene rings is 1. The molecule has 3 N–H and O–H groups in total. The van der Waals surface area contributed by atoms with Crippen molar-refractivity contribution in [3.8, 4) is 5.75 Å². The van der Waals surface area contributed by atoms with Gasteiger partial charge in [0.15, 0.2) is 11.6 Å². The summed E-state index contributed by atoms with van der Waals surface area (Å²) in [6, 6.07) is -1.06. The highest BCUT2D eigenvalue weighted by Gasteiger charge is 2.61. The molecule has 1 atom stereocenters. The largest absolute Gasteiger partial charge is 0.505 e. The van der Waals surface area contributed by atoms with E-state index < -0.39 is 35.3 Å². The first-order valence-electron chi connectivity index (χ1n) is 4.26. The highest BCUT2D eigenvalue weighted by atomic mass is 19.4. The first kappa shape index (κ1) is 13.6. The van der Waals surface area contributed by atoms with E-state index in [4.69, 9.17) is 10.8 Å². The Balaban J connectivity index is 3.12. The number of nitrogens with two attached hydrogens (primary N) is 1. The first-order chi connectivity index (χ1) is 7.57. The molecule has 0 heterocycles. The third kappa shape index (κ3) is 2.46. The van der Waals surface area contributed by atoms with E-state index in [1.807, 2.05) is 0 Å². The van der Waals surface area contributed by atoms with Gasteiger partial charge in [-0.3, -0.25) is 0 Å². The molecule has 1 rings (SSSR count). The second-order valence-electron chi connectivity index (χ2n) is 3.31. The van der Waals surface area contributed by atoms with Gasteiger partial charge in [-0.25, -0.2) is 4.39 Å². The lowest BCUT2D eigenvalue weighted by molar-refractivity contribution is -0.291. The molecular weight excluding hydrogens is 252 g/mol. The molecule has 0 amide bonds. The maximum absolute atomic E-state index is 12.8. The molecule has 2 nitrogen and oxygen atoms in total. The van der Waals surface area contributed by atoms with Crippen LogP contribution in [-0.2, 0) is 0 Å². The topological polar surface area (TPSA) is 46.2 Å². The van der Waals surface area contributed by atoms with E-state index in [-0.39, 0.29) is 0 Å². The number of hydrogen-bond acceptors (Lipinski definition) is 2.